The van der Waals surface area contributed by atoms with Gasteiger partial charge in [0.15, 0.2) is 11.5 Å². The van der Waals surface area contributed by atoms with Crippen molar-refractivity contribution in [3.8, 4) is 11.5 Å². The van der Waals surface area contributed by atoms with Gasteiger partial charge in [-0.3, -0.25) is 24.1 Å². The molecule has 1 aromatic heterocycles. The molecule has 0 spiro atoms. The zero-order valence-electron chi connectivity index (χ0n) is 23.3. The number of hydrogen-bond donors (Lipinski definition) is 2. The summed E-state index contributed by atoms with van der Waals surface area (Å²) in [6.07, 6.45) is -3.92. The first kappa shape index (κ1) is 29.0. The summed E-state index contributed by atoms with van der Waals surface area (Å²) in [6, 6.07) is 9.82. The minimum absolute atomic E-state index is 0.0484. The summed E-state index contributed by atoms with van der Waals surface area (Å²) < 4.78 is 50.4. The molecule has 7 rings (SSSR count). The molecular formula is C30H26F3N3O6S2. The predicted octanol–water partition coefficient (Wildman–Crippen LogP) is 4.58. The number of thiazole rings is 1. The Bertz CT molecular complexity index is 1760. The first-order valence-corrected chi connectivity index (χ1v) is 15.6. The standard InChI is InChI=1S/C30H26F3N3O6S2/c1-41-17-7-6-12(8-18(17)42-2)20-21-15-10-16(24(21)43-26-25(20)44-29(40)35-26)23-22(15)27(38)36(28(23)39)11-19(37)34-14-5-3-4-13(9-14)30(31,32)33/h3-9,15-16,20-24H,10-11H2,1-2H3,(H,34,37)(H,35,40). The summed E-state index contributed by atoms with van der Waals surface area (Å²) in [7, 11) is 3.09. The van der Waals surface area contributed by atoms with Gasteiger partial charge >= 0.3 is 11.0 Å². The van der Waals surface area contributed by atoms with Crippen molar-refractivity contribution in [2.24, 2.45) is 29.6 Å². The van der Waals surface area contributed by atoms with Gasteiger partial charge in [0.1, 0.15) is 6.54 Å². The van der Waals surface area contributed by atoms with Crippen molar-refractivity contribution in [3.05, 3.63) is 68.1 Å². The Kier molecular flexibility index (Phi) is 6.85. The number of thioether (sulfide) groups is 1. The first-order valence-electron chi connectivity index (χ1n) is 13.9. The van der Waals surface area contributed by atoms with Gasteiger partial charge in [-0.15, -0.1) is 11.8 Å². The third-order valence-electron chi connectivity index (χ3n) is 9.36. The Morgan fingerprint density at radius 2 is 1.75 bits per heavy atom. The van der Waals surface area contributed by atoms with Gasteiger partial charge in [0.05, 0.1) is 36.6 Å². The van der Waals surface area contributed by atoms with Gasteiger partial charge in [0.2, 0.25) is 17.7 Å². The second-order valence-corrected chi connectivity index (χ2v) is 13.7. The monoisotopic (exact) mass is 645 g/mol. The number of likely N-dealkylation sites (tertiary alicyclic amines) is 1. The molecule has 2 saturated carbocycles. The van der Waals surface area contributed by atoms with Crippen molar-refractivity contribution in [2.75, 3.05) is 26.1 Å². The van der Waals surface area contributed by atoms with Gasteiger partial charge in [-0.1, -0.05) is 23.5 Å². The fourth-order valence-electron chi connectivity index (χ4n) is 7.77. The molecule has 2 bridgehead atoms. The summed E-state index contributed by atoms with van der Waals surface area (Å²) in [4.78, 5) is 57.4. The van der Waals surface area contributed by atoms with Crippen LogP contribution in [-0.4, -0.2) is 53.6 Å². The molecule has 230 valence electrons. The Hall–Kier alpha value is -3.78. The molecule has 2 aliphatic heterocycles. The molecule has 0 radical (unpaired) electrons. The molecular weight excluding hydrogens is 619 g/mol. The van der Waals surface area contributed by atoms with Gasteiger partial charge < -0.3 is 19.8 Å². The van der Waals surface area contributed by atoms with Crippen LogP contribution < -0.4 is 19.7 Å². The van der Waals surface area contributed by atoms with Crippen LogP contribution >= 0.6 is 23.1 Å². The average Bonchev–Trinajstić information content (AvgIpc) is 3.72. The lowest BCUT2D eigenvalue weighted by molar-refractivity contribution is -0.143. The Morgan fingerprint density at radius 3 is 2.45 bits per heavy atom. The number of aromatic amines is 1. The SMILES string of the molecule is COc1ccc(C2c3sc(=O)[nH]c3SC3C4CC(C5C(=O)N(CC(=O)Nc6cccc(C(F)(F)F)c6)C(=O)C45)C23)cc1OC. The largest absolute Gasteiger partial charge is 0.493 e. The van der Waals surface area contributed by atoms with E-state index < -0.39 is 47.8 Å². The van der Waals surface area contributed by atoms with E-state index in [1.165, 1.54) is 12.1 Å². The molecule has 1 saturated heterocycles. The molecule has 14 heteroatoms. The number of carbonyl (C=O) groups excluding carboxylic acids is 3. The molecule has 2 N–H and O–H groups in total. The third-order valence-corrected chi connectivity index (χ3v) is 11.9. The predicted molar refractivity (Wildman–Crippen MR) is 155 cm³/mol. The smallest absolute Gasteiger partial charge is 0.416 e. The third kappa shape index (κ3) is 4.44. The number of hydrogen-bond acceptors (Lipinski definition) is 8. The molecule has 9 nitrogen and oxygen atoms in total. The van der Waals surface area contributed by atoms with Crippen LogP contribution in [0.1, 0.15) is 28.3 Å². The van der Waals surface area contributed by atoms with Crippen LogP contribution in [0.5, 0.6) is 11.5 Å². The van der Waals surface area contributed by atoms with Crippen LogP contribution in [0.15, 0.2) is 52.3 Å². The number of ether oxygens (including phenoxy) is 2. The van der Waals surface area contributed by atoms with Crippen molar-refractivity contribution in [1.29, 1.82) is 0 Å². The highest BCUT2D eigenvalue weighted by molar-refractivity contribution is 8.00. The number of H-pyrrole nitrogens is 1. The van der Waals surface area contributed by atoms with Gasteiger partial charge in [0.25, 0.3) is 0 Å². The number of alkyl halides is 3. The maximum Gasteiger partial charge on any atom is 0.416 e. The highest BCUT2D eigenvalue weighted by Gasteiger charge is 2.69. The normalized spacial score (nSPS) is 28.5. The number of carbonyl (C=O) groups is 3. The molecule has 3 heterocycles. The fraction of sp³-hybridized carbons (Fsp3) is 0.400. The number of amides is 3. The number of benzene rings is 2. The number of anilines is 1. The Balaban J connectivity index is 1.17. The van der Waals surface area contributed by atoms with E-state index in [0.717, 1.165) is 43.8 Å². The highest BCUT2D eigenvalue weighted by Crippen LogP contribution is 2.68. The molecule has 2 aliphatic carbocycles. The minimum Gasteiger partial charge on any atom is -0.493 e. The minimum atomic E-state index is -4.58. The van der Waals surface area contributed by atoms with Crippen LogP contribution in [0.25, 0.3) is 0 Å². The summed E-state index contributed by atoms with van der Waals surface area (Å²) in [5.74, 6) is -2.34. The first-order chi connectivity index (χ1) is 21.0. The molecule has 44 heavy (non-hydrogen) atoms. The molecule has 4 aliphatic rings. The van der Waals surface area contributed by atoms with E-state index in [1.54, 1.807) is 26.0 Å². The highest BCUT2D eigenvalue weighted by atomic mass is 32.2. The van der Waals surface area contributed by atoms with E-state index in [4.69, 9.17) is 9.47 Å². The van der Waals surface area contributed by atoms with Gasteiger partial charge in [0, 0.05) is 21.7 Å². The number of nitrogens with zero attached hydrogens (tertiary/aromatic N) is 1. The number of rotatable bonds is 6. The summed E-state index contributed by atoms with van der Waals surface area (Å²) in [5, 5.41) is 3.11. The fourth-order valence-corrected chi connectivity index (χ4v) is 10.7. The lowest BCUT2D eigenvalue weighted by Crippen LogP contribution is -2.42. The van der Waals surface area contributed by atoms with Crippen molar-refractivity contribution < 1.29 is 37.0 Å². The Morgan fingerprint density at radius 1 is 1.02 bits per heavy atom. The molecule has 3 fully saturated rings. The maximum atomic E-state index is 13.8. The van der Waals surface area contributed by atoms with Crippen LogP contribution in [0, 0.1) is 29.6 Å². The zero-order valence-corrected chi connectivity index (χ0v) is 25.0. The number of aromatic nitrogens is 1. The van der Waals surface area contributed by atoms with Crippen LogP contribution in [0.2, 0.25) is 0 Å². The molecule has 7 atom stereocenters. The number of fused-ring (bicyclic) bond motifs is 9. The second-order valence-electron chi connectivity index (χ2n) is 11.5. The second kappa shape index (κ2) is 10.4. The number of methoxy groups -OCH3 is 2. The van der Waals surface area contributed by atoms with E-state index >= 15 is 0 Å². The van der Waals surface area contributed by atoms with Crippen LogP contribution in [0.3, 0.4) is 0 Å². The zero-order chi connectivity index (χ0) is 31.1. The van der Waals surface area contributed by atoms with Crippen molar-refractivity contribution in [2.45, 2.75) is 28.8 Å². The lowest BCUT2D eigenvalue weighted by Gasteiger charge is -2.43. The quantitative estimate of drug-likeness (QED) is 0.377. The van der Waals surface area contributed by atoms with Crippen LogP contribution in [0.4, 0.5) is 18.9 Å². The number of nitrogens with one attached hydrogen (secondary N) is 2. The molecule has 3 aromatic rings. The summed E-state index contributed by atoms with van der Waals surface area (Å²) in [6.45, 7) is -0.581. The molecule has 3 amide bonds. The van der Waals surface area contributed by atoms with Crippen molar-refractivity contribution in [3.63, 3.8) is 0 Å². The van der Waals surface area contributed by atoms with E-state index in [9.17, 15) is 32.3 Å². The average molecular weight is 646 g/mol. The maximum absolute atomic E-state index is 13.8. The number of imide groups is 1. The van der Waals surface area contributed by atoms with Crippen molar-refractivity contribution >= 4 is 46.5 Å². The topological polar surface area (TPSA) is 118 Å². The van der Waals surface area contributed by atoms with E-state index in [2.05, 4.69) is 10.3 Å². The van der Waals surface area contributed by atoms with Crippen molar-refractivity contribution in [1.82, 2.24) is 9.88 Å². The number of halogens is 3. The summed E-state index contributed by atoms with van der Waals surface area (Å²) in [5.41, 5.74) is -0.0918. The van der Waals surface area contributed by atoms with Gasteiger partial charge in [-0.2, -0.15) is 13.2 Å². The van der Waals surface area contributed by atoms with E-state index in [1.807, 2.05) is 18.2 Å². The van der Waals surface area contributed by atoms with E-state index in [-0.39, 0.29) is 39.5 Å². The van der Waals surface area contributed by atoms with Gasteiger partial charge in [-0.25, -0.2) is 0 Å². The summed E-state index contributed by atoms with van der Waals surface area (Å²) >= 11 is 2.69. The van der Waals surface area contributed by atoms with Gasteiger partial charge in [-0.05, 0) is 60.1 Å². The van der Waals surface area contributed by atoms with Crippen LogP contribution in [-0.2, 0) is 20.6 Å². The lowest BCUT2D eigenvalue weighted by atomic mass is 9.68. The molecule has 7 unspecified atom stereocenters. The Labute approximate surface area is 257 Å². The van der Waals surface area contributed by atoms with E-state index in [0.29, 0.717) is 17.9 Å². The molecule has 2 aromatic carbocycles.